The quantitative estimate of drug-likeness (QED) is 0.655. The van der Waals surface area contributed by atoms with Crippen LogP contribution in [0.5, 0.6) is 0 Å². The van der Waals surface area contributed by atoms with Gasteiger partial charge in [0.25, 0.3) is 0 Å². The van der Waals surface area contributed by atoms with E-state index in [9.17, 15) is 0 Å². The lowest BCUT2D eigenvalue weighted by atomic mass is 10.1. The predicted molar refractivity (Wildman–Crippen MR) is 75.0 cm³/mol. The summed E-state index contributed by atoms with van der Waals surface area (Å²) in [7, 11) is 3.43. The Labute approximate surface area is 115 Å². The van der Waals surface area contributed by atoms with E-state index >= 15 is 0 Å². The summed E-state index contributed by atoms with van der Waals surface area (Å²) in [5, 5.41) is 0. The molecule has 0 aromatic carbocycles. The lowest BCUT2D eigenvalue weighted by Crippen LogP contribution is -2.41. The average Bonchev–Trinajstić information content (AvgIpc) is 2.89. The molecule has 1 aromatic rings. The first kappa shape index (κ1) is 16.2. The van der Waals surface area contributed by atoms with Crippen molar-refractivity contribution in [3.63, 3.8) is 0 Å². The number of hydrogen-bond acceptors (Lipinski definition) is 5. The van der Waals surface area contributed by atoms with Gasteiger partial charge in [0.2, 0.25) is 0 Å². The summed E-state index contributed by atoms with van der Waals surface area (Å²) in [6, 6.07) is 3.94. The highest BCUT2D eigenvalue weighted by molar-refractivity contribution is 5.07. The van der Waals surface area contributed by atoms with Crippen molar-refractivity contribution in [1.29, 1.82) is 0 Å². The number of methoxy groups -OCH3 is 2. The second-order valence-corrected chi connectivity index (χ2v) is 4.69. The van der Waals surface area contributed by atoms with Gasteiger partial charge in [-0.15, -0.1) is 0 Å². The Balaban J connectivity index is 2.72. The lowest BCUT2D eigenvalue weighted by molar-refractivity contribution is 0.0894. The molecule has 5 nitrogen and oxygen atoms in total. The molecule has 0 amide bonds. The highest BCUT2D eigenvalue weighted by atomic mass is 16.5. The molecular weight excluding hydrogens is 244 g/mol. The molecule has 0 bridgehead atoms. The monoisotopic (exact) mass is 270 g/mol. The Morgan fingerprint density at radius 2 is 2.00 bits per heavy atom. The fourth-order valence-electron chi connectivity index (χ4n) is 2.24. The van der Waals surface area contributed by atoms with E-state index in [0.29, 0.717) is 6.61 Å². The molecule has 1 rings (SSSR count). The van der Waals surface area contributed by atoms with Crippen molar-refractivity contribution in [3.05, 3.63) is 24.2 Å². The van der Waals surface area contributed by atoms with Crippen molar-refractivity contribution in [2.75, 3.05) is 40.5 Å². The third kappa shape index (κ3) is 5.32. The lowest BCUT2D eigenvalue weighted by Gasteiger charge is -2.32. The van der Waals surface area contributed by atoms with Crippen molar-refractivity contribution in [3.8, 4) is 0 Å². The van der Waals surface area contributed by atoms with Crippen LogP contribution in [0.4, 0.5) is 0 Å². The molecule has 0 saturated carbocycles. The van der Waals surface area contributed by atoms with Gasteiger partial charge < -0.3 is 19.6 Å². The average molecular weight is 270 g/mol. The zero-order chi connectivity index (χ0) is 14.1. The van der Waals surface area contributed by atoms with E-state index < -0.39 is 0 Å². The number of nitrogens with two attached hydrogens (primary N) is 1. The van der Waals surface area contributed by atoms with Crippen molar-refractivity contribution >= 4 is 0 Å². The van der Waals surface area contributed by atoms with Crippen LogP contribution in [0.2, 0.25) is 0 Å². The standard InChI is InChI=1S/C14H26N2O3/c1-12(15)14(13-6-4-10-19-13)16(8-11-18-3)7-5-9-17-2/h4,6,10,12,14H,5,7-9,11,15H2,1-3H3. The van der Waals surface area contributed by atoms with Gasteiger partial charge in [-0.2, -0.15) is 0 Å². The van der Waals surface area contributed by atoms with Crippen LogP contribution in [0, 0.1) is 0 Å². The van der Waals surface area contributed by atoms with E-state index in [1.54, 1.807) is 20.5 Å². The molecule has 0 spiro atoms. The molecular formula is C14H26N2O3. The zero-order valence-electron chi connectivity index (χ0n) is 12.2. The molecule has 5 heteroatoms. The summed E-state index contributed by atoms with van der Waals surface area (Å²) in [6.45, 7) is 5.16. The molecule has 0 aliphatic rings. The molecule has 110 valence electrons. The molecule has 1 heterocycles. The molecule has 2 N–H and O–H groups in total. The van der Waals surface area contributed by atoms with Crippen LogP contribution in [0.3, 0.4) is 0 Å². The van der Waals surface area contributed by atoms with Crippen molar-refractivity contribution in [1.82, 2.24) is 4.90 Å². The first-order valence-electron chi connectivity index (χ1n) is 6.71. The largest absolute Gasteiger partial charge is 0.468 e. The van der Waals surface area contributed by atoms with E-state index in [0.717, 1.165) is 31.9 Å². The summed E-state index contributed by atoms with van der Waals surface area (Å²) in [4.78, 5) is 2.30. The highest BCUT2D eigenvalue weighted by Crippen LogP contribution is 2.24. The number of rotatable bonds is 10. The van der Waals surface area contributed by atoms with E-state index in [2.05, 4.69) is 4.90 Å². The molecule has 0 radical (unpaired) electrons. The van der Waals surface area contributed by atoms with Crippen LogP contribution in [-0.2, 0) is 9.47 Å². The van der Waals surface area contributed by atoms with Crippen molar-refractivity contribution in [2.24, 2.45) is 5.73 Å². The minimum Gasteiger partial charge on any atom is -0.468 e. The van der Waals surface area contributed by atoms with Crippen LogP contribution in [0.25, 0.3) is 0 Å². The zero-order valence-corrected chi connectivity index (χ0v) is 12.2. The van der Waals surface area contributed by atoms with E-state index in [-0.39, 0.29) is 12.1 Å². The molecule has 0 aliphatic carbocycles. The van der Waals surface area contributed by atoms with Crippen LogP contribution in [-0.4, -0.2) is 51.5 Å². The third-order valence-corrected chi connectivity index (χ3v) is 3.10. The topological polar surface area (TPSA) is 60.9 Å². The van der Waals surface area contributed by atoms with Gasteiger partial charge in [0.05, 0.1) is 18.9 Å². The minimum atomic E-state index is -0.00875. The Hall–Kier alpha value is -0.880. The minimum absolute atomic E-state index is 0.00875. The maximum absolute atomic E-state index is 6.13. The number of hydrogen-bond donors (Lipinski definition) is 1. The number of furan rings is 1. The first-order valence-corrected chi connectivity index (χ1v) is 6.71. The Kier molecular flexibility index (Phi) is 7.74. The van der Waals surface area contributed by atoms with E-state index in [1.807, 2.05) is 19.1 Å². The first-order chi connectivity index (χ1) is 9.20. The van der Waals surface area contributed by atoms with Gasteiger partial charge >= 0.3 is 0 Å². The second-order valence-electron chi connectivity index (χ2n) is 4.69. The number of nitrogens with zero attached hydrogens (tertiary/aromatic N) is 1. The predicted octanol–water partition coefficient (Wildman–Crippen LogP) is 1.65. The summed E-state index contributed by atoms with van der Waals surface area (Å²) in [5.74, 6) is 0.906. The van der Waals surface area contributed by atoms with Crippen molar-refractivity contribution < 1.29 is 13.9 Å². The van der Waals surface area contributed by atoms with Gasteiger partial charge in [0.1, 0.15) is 5.76 Å². The van der Waals surface area contributed by atoms with Crippen molar-refractivity contribution in [2.45, 2.75) is 25.4 Å². The molecule has 19 heavy (non-hydrogen) atoms. The highest BCUT2D eigenvalue weighted by Gasteiger charge is 2.25. The van der Waals surface area contributed by atoms with Crippen LogP contribution in [0.1, 0.15) is 25.1 Å². The van der Waals surface area contributed by atoms with Gasteiger partial charge in [-0.25, -0.2) is 0 Å². The van der Waals surface area contributed by atoms with Gasteiger partial charge in [0, 0.05) is 40.0 Å². The van der Waals surface area contributed by atoms with Gasteiger partial charge in [-0.3, -0.25) is 4.90 Å². The van der Waals surface area contributed by atoms with E-state index in [1.165, 1.54) is 0 Å². The fraction of sp³-hybridized carbons (Fsp3) is 0.714. The Morgan fingerprint density at radius 3 is 2.53 bits per heavy atom. The van der Waals surface area contributed by atoms with Crippen LogP contribution < -0.4 is 5.73 Å². The maximum Gasteiger partial charge on any atom is 0.122 e. The molecule has 0 saturated heterocycles. The maximum atomic E-state index is 6.13. The van der Waals surface area contributed by atoms with Crippen LogP contribution in [0.15, 0.2) is 22.8 Å². The molecule has 2 unspecified atom stereocenters. The smallest absolute Gasteiger partial charge is 0.122 e. The molecule has 0 aliphatic heterocycles. The molecule has 1 aromatic heterocycles. The Bertz CT molecular complexity index is 315. The summed E-state index contributed by atoms with van der Waals surface area (Å²) < 4.78 is 15.8. The fourth-order valence-corrected chi connectivity index (χ4v) is 2.24. The van der Waals surface area contributed by atoms with Gasteiger partial charge in [-0.1, -0.05) is 0 Å². The normalized spacial score (nSPS) is 14.8. The second kappa shape index (κ2) is 9.09. The Morgan fingerprint density at radius 1 is 1.26 bits per heavy atom. The summed E-state index contributed by atoms with van der Waals surface area (Å²) in [6.07, 6.45) is 2.65. The third-order valence-electron chi connectivity index (χ3n) is 3.10. The van der Waals surface area contributed by atoms with E-state index in [4.69, 9.17) is 19.6 Å². The van der Waals surface area contributed by atoms with Gasteiger partial charge in [-0.05, 0) is 25.5 Å². The molecule has 0 fully saturated rings. The van der Waals surface area contributed by atoms with Crippen LogP contribution >= 0.6 is 0 Å². The van der Waals surface area contributed by atoms with Gasteiger partial charge in [0.15, 0.2) is 0 Å². The summed E-state index contributed by atoms with van der Waals surface area (Å²) >= 11 is 0. The SMILES string of the molecule is COCCCN(CCOC)C(c1ccco1)C(C)N. The summed E-state index contributed by atoms with van der Waals surface area (Å²) in [5.41, 5.74) is 6.13. The molecule has 2 atom stereocenters. The number of ether oxygens (including phenoxy) is 2.